The summed E-state index contributed by atoms with van der Waals surface area (Å²) in [7, 11) is 0. The van der Waals surface area contributed by atoms with Gasteiger partial charge in [0, 0.05) is 11.1 Å². The summed E-state index contributed by atoms with van der Waals surface area (Å²) in [6.45, 7) is 0. The van der Waals surface area contributed by atoms with Gasteiger partial charge in [-0.05, 0) is 17.7 Å². The second kappa shape index (κ2) is 3.56. The SMILES string of the molecule is SCc1cc2ccccc2nc1Cl. The minimum absolute atomic E-state index is 0.550. The van der Waals surface area contributed by atoms with Crippen LogP contribution in [0.3, 0.4) is 0 Å². The van der Waals surface area contributed by atoms with Crippen molar-refractivity contribution in [3.05, 3.63) is 41.0 Å². The van der Waals surface area contributed by atoms with Gasteiger partial charge in [-0.3, -0.25) is 0 Å². The minimum Gasteiger partial charge on any atom is -0.236 e. The lowest BCUT2D eigenvalue weighted by molar-refractivity contribution is 1.31. The van der Waals surface area contributed by atoms with Crippen molar-refractivity contribution >= 4 is 35.1 Å². The number of benzene rings is 1. The molecule has 2 rings (SSSR count). The standard InChI is InChI=1S/C10H8ClNS/c11-10-8(6-13)5-7-3-1-2-4-9(7)12-10/h1-5,13H,6H2. The van der Waals surface area contributed by atoms with Gasteiger partial charge in [0.25, 0.3) is 0 Å². The molecule has 0 fully saturated rings. The molecule has 0 radical (unpaired) electrons. The van der Waals surface area contributed by atoms with Crippen molar-refractivity contribution in [3.63, 3.8) is 0 Å². The summed E-state index contributed by atoms with van der Waals surface area (Å²) in [6, 6.07) is 9.93. The Balaban J connectivity index is 2.74. The number of fused-ring (bicyclic) bond motifs is 1. The minimum atomic E-state index is 0.550. The maximum Gasteiger partial charge on any atom is 0.133 e. The highest BCUT2D eigenvalue weighted by molar-refractivity contribution is 7.79. The van der Waals surface area contributed by atoms with E-state index in [0.29, 0.717) is 10.9 Å². The quantitative estimate of drug-likeness (QED) is 0.562. The van der Waals surface area contributed by atoms with Crippen LogP contribution in [0.4, 0.5) is 0 Å². The Morgan fingerprint density at radius 2 is 2.08 bits per heavy atom. The van der Waals surface area contributed by atoms with Crippen LogP contribution in [0.2, 0.25) is 5.15 Å². The molecule has 1 heterocycles. The van der Waals surface area contributed by atoms with Crippen LogP contribution >= 0.6 is 24.2 Å². The second-order valence-electron chi connectivity index (χ2n) is 2.79. The Kier molecular flexibility index (Phi) is 2.42. The van der Waals surface area contributed by atoms with Gasteiger partial charge in [0.05, 0.1) is 5.52 Å². The molecule has 0 saturated heterocycles. The van der Waals surface area contributed by atoms with E-state index in [-0.39, 0.29) is 0 Å². The second-order valence-corrected chi connectivity index (χ2v) is 3.46. The van der Waals surface area contributed by atoms with Crippen molar-refractivity contribution in [2.24, 2.45) is 0 Å². The van der Waals surface area contributed by atoms with Gasteiger partial charge in [0.1, 0.15) is 5.15 Å². The molecule has 0 aliphatic rings. The third kappa shape index (κ3) is 1.64. The molecule has 0 amide bonds. The maximum atomic E-state index is 5.94. The summed E-state index contributed by atoms with van der Waals surface area (Å²) in [5, 5.41) is 1.66. The van der Waals surface area contributed by atoms with E-state index >= 15 is 0 Å². The third-order valence-electron chi connectivity index (χ3n) is 1.92. The molecule has 0 saturated carbocycles. The van der Waals surface area contributed by atoms with Crippen LogP contribution in [0.1, 0.15) is 5.56 Å². The number of rotatable bonds is 1. The number of para-hydroxylation sites is 1. The van der Waals surface area contributed by atoms with E-state index in [9.17, 15) is 0 Å². The smallest absolute Gasteiger partial charge is 0.133 e. The van der Waals surface area contributed by atoms with Gasteiger partial charge in [0.2, 0.25) is 0 Å². The fourth-order valence-electron chi connectivity index (χ4n) is 1.25. The lowest BCUT2D eigenvalue weighted by Gasteiger charge is -2.02. The molecular weight excluding hydrogens is 202 g/mol. The van der Waals surface area contributed by atoms with Crippen LogP contribution in [-0.2, 0) is 5.75 Å². The zero-order valence-electron chi connectivity index (χ0n) is 6.87. The first-order valence-corrected chi connectivity index (χ1v) is 4.97. The summed E-state index contributed by atoms with van der Waals surface area (Å²) in [5.41, 5.74) is 1.90. The van der Waals surface area contributed by atoms with Gasteiger partial charge >= 0.3 is 0 Å². The molecule has 66 valence electrons. The van der Waals surface area contributed by atoms with Crippen LogP contribution in [0.5, 0.6) is 0 Å². The maximum absolute atomic E-state index is 5.94. The first kappa shape index (κ1) is 8.85. The lowest BCUT2D eigenvalue weighted by Crippen LogP contribution is -1.86. The lowest BCUT2D eigenvalue weighted by atomic mass is 10.2. The van der Waals surface area contributed by atoms with Crippen molar-refractivity contribution in [1.29, 1.82) is 0 Å². The number of pyridine rings is 1. The number of thiol groups is 1. The van der Waals surface area contributed by atoms with Crippen molar-refractivity contribution < 1.29 is 0 Å². The first-order valence-electron chi connectivity index (χ1n) is 3.96. The van der Waals surface area contributed by atoms with Gasteiger partial charge in [0.15, 0.2) is 0 Å². The molecule has 0 atom stereocenters. The molecule has 0 bridgehead atoms. The van der Waals surface area contributed by atoms with Gasteiger partial charge in [-0.25, -0.2) is 4.98 Å². The van der Waals surface area contributed by atoms with Crippen molar-refractivity contribution in [2.45, 2.75) is 5.75 Å². The first-order chi connectivity index (χ1) is 6.31. The zero-order chi connectivity index (χ0) is 9.26. The van der Waals surface area contributed by atoms with Crippen LogP contribution in [0.25, 0.3) is 10.9 Å². The molecule has 1 nitrogen and oxygen atoms in total. The number of hydrogen-bond acceptors (Lipinski definition) is 2. The van der Waals surface area contributed by atoms with E-state index in [1.165, 1.54) is 0 Å². The molecule has 1 aromatic heterocycles. The fraction of sp³-hybridized carbons (Fsp3) is 0.100. The number of halogens is 1. The van der Waals surface area contributed by atoms with E-state index in [1.807, 2.05) is 30.3 Å². The number of nitrogens with zero attached hydrogens (tertiary/aromatic N) is 1. The molecule has 0 aliphatic carbocycles. The Bertz CT molecular complexity index is 442. The number of aromatic nitrogens is 1. The molecule has 13 heavy (non-hydrogen) atoms. The Labute approximate surface area is 87.2 Å². The average Bonchev–Trinajstić information content (AvgIpc) is 2.17. The fourth-order valence-corrected chi connectivity index (χ4v) is 1.79. The van der Waals surface area contributed by atoms with Crippen LogP contribution in [0, 0.1) is 0 Å². The zero-order valence-corrected chi connectivity index (χ0v) is 8.52. The van der Waals surface area contributed by atoms with Gasteiger partial charge in [-0.1, -0.05) is 29.8 Å². The van der Waals surface area contributed by atoms with E-state index in [0.717, 1.165) is 16.5 Å². The highest BCUT2D eigenvalue weighted by Crippen LogP contribution is 2.21. The third-order valence-corrected chi connectivity index (χ3v) is 2.59. The van der Waals surface area contributed by atoms with E-state index < -0.39 is 0 Å². The Morgan fingerprint density at radius 1 is 1.31 bits per heavy atom. The van der Waals surface area contributed by atoms with Crippen molar-refractivity contribution in [1.82, 2.24) is 4.98 Å². The summed E-state index contributed by atoms with van der Waals surface area (Å²) in [4.78, 5) is 4.26. The number of hydrogen-bond donors (Lipinski definition) is 1. The van der Waals surface area contributed by atoms with Crippen LogP contribution in [-0.4, -0.2) is 4.98 Å². The topological polar surface area (TPSA) is 12.9 Å². The van der Waals surface area contributed by atoms with Gasteiger partial charge in [-0.15, -0.1) is 0 Å². The Morgan fingerprint density at radius 3 is 2.85 bits per heavy atom. The van der Waals surface area contributed by atoms with E-state index in [4.69, 9.17) is 11.6 Å². The molecule has 3 heteroatoms. The molecular formula is C10H8ClNS. The average molecular weight is 210 g/mol. The van der Waals surface area contributed by atoms with E-state index in [2.05, 4.69) is 17.6 Å². The highest BCUT2D eigenvalue weighted by atomic mass is 35.5. The molecule has 0 aliphatic heterocycles. The molecule has 0 spiro atoms. The Hall–Kier alpha value is -0.730. The van der Waals surface area contributed by atoms with Crippen LogP contribution in [0.15, 0.2) is 30.3 Å². The predicted octanol–water partition coefficient (Wildman–Crippen LogP) is 3.32. The highest BCUT2D eigenvalue weighted by Gasteiger charge is 2.01. The normalized spacial score (nSPS) is 10.6. The molecule has 0 N–H and O–H groups in total. The summed E-state index contributed by atoms with van der Waals surface area (Å²) in [6.07, 6.45) is 0. The van der Waals surface area contributed by atoms with Crippen molar-refractivity contribution in [2.75, 3.05) is 0 Å². The molecule has 1 aromatic carbocycles. The van der Waals surface area contributed by atoms with Gasteiger partial charge < -0.3 is 0 Å². The van der Waals surface area contributed by atoms with Gasteiger partial charge in [-0.2, -0.15) is 12.6 Å². The molecule has 0 unspecified atom stereocenters. The van der Waals surface area contributed by atoms with Crippen molar-refractivity contribution in [3.8, 4) is 0 Å². The summed E-state index contributed by atoms with van der Waals surface area (Å²) < 4.78 is 0. The van der Waals surface area contributed by atoms with E-state index in [1.54, 1.807) is 0 Å². The predicted molar refractivity (Wildman–Crippen MR) is 59.4 cm³/mol. The largest absolute Gasteiger partial charge is 0.236 e. The van der Waals surface area contributed by atoms with Crippen LogP contribution < -0.4 is 0 Å². The summed E-state index contributed by atoms with van der Waals surface area (Å²) >= 11 is 10.1. The monoisotopic (exact) mass is 209 g/mol. The summed E-state index contributed by atoms with van der Waals surface area (Å²) in [5.74, 6) is 0.622. The molecule has 2 aromatic rings.